The van der Waals surface area contributed by atoms with E-state index in [1.165, 1.54) is 22.3 Å². The second kappa shape index (κ2) is 6.33. The molecule has 3 aliphatic rings. The van der Waals surface area contributed by atoms with Gasteiger partial charge in [0.15, 0.2) is 0 Å². The van der Waals surface area contributed by atoms with Crippen LogP contribution < -0.4 is 0 Å². The maximum atomic E-state index is 5.99. The lowest BCUT2D eigenvalue weighted by Gasteiger charge is -2.14. The van der Waals surface area contributed by atoms with Gasteiger partial charge >= 0.3 is 0 Å². The molecule has 2 aliphatic heterocycles. The Labute approximate surface area is 135 Å². The Morgan fingerprint density at radius 3 is 2.73 bits per heavy atom. The molecule has 0 spiro atoms. The largest absolute Gasteiger partial charge is 0.366 e. The molecule has 2 heteroatoms. The van der Waals surface area contributed by atoms with Crippen molar-refractivity contribution >= 4 is 0 Å². The van der Waals surface area contributed by atoms with Crippen molar-refractivity contribution < 1.29 is 9.47 Å². The van der Waals surface area contributed by atoms with Crippen molar-refractivity contribution in [2.45, 2.75) is 84.0 Å². The van der Waals surface area contributed by atoms with E-state index in [-0.39, 0.29) is 11.7 Å². The van der Waals surface area contributed by atoms with E-state index in [1.807, 2.05) is 0 Å². The molecule has 0 amide bonds. The van der Waals surface area contributed by atoms with E-state index in [2.05, 4.69) is 39.8 Å². The van der Waals surface area contributed by atoms with Crippen LogP contribution in [0.3, 0.4) is 0 Å². The van der Waals surface area contributed by atoms with Crippen LogP contribution in [-0.2, 0) is 9.47 Å². The van der Waals surface area contributed by atoms with Crippen molar-refractivity contribution in [3.63, 3.8) is 0 Å². The highest BCUT2D eigenvalue weighted by Gasteiger charge is 2.50. The Morgan fingerprint density at radius 1 is 1.09 bits per heavy atom. The quantitative estimate of drug-likeness (QED) is 0.458. The number of rotatable bonds is 0. The summed E-state index contributed by atoms with van der Waals surface area (Å²) in [7, 11) is 0. The Hall–Kier alpha value is -0.860. The summed E-state index contributed by atoms with van der Waals surface area (Å²) in [5.41, 5.74) is 6.03. The topological polar surface area (TPSA) is 21.8 Å². The highest BCUT2D eigenvalue weighted by Crippen LogP contribution is 2.43. The van der Waals surface area contributed by atoms with Crippen molar-refractivity contribution in [1.29, 1.82) is 0 Å². The molecule has 2 heterocycles. The fourth-order valence-electron chi connectivity index (χ4n) is 3.77. The van der Waals surface area contributed by atoms with Crippen molar-refractivity contribution in [2.75, 3.05) is 6.61 Å². The van der Waals surface area contributed by atoms with E-state index >= 15 is 0 Å². The van der Waals surface area contributed by atoms with Crippen molar-refractivity contribution in [3.05, 3.63) is 34.4 Å². The van der Waals surface area contributed by atoms with E-state index in [0.717, 1.165) is 45.1 Å². The molecule has 0 radical (unpaired) electrons. The third-order valence-electron chi connectivity index (χ3n) is 5.57. The molecule has 0 saturated carbocycles. The van der Waals surface area contributed by atoms with Crippen molar-refractivity contribution in [3.8, 4) is 0 Å². The van der Waals surface area contributed by atoms with Crippen LogP contribution in [0.2, 0.25) is 0 Å². The predicted molar refractivity (Wildman–Crippen MR) is 90.9 cm³/mol. The molecule has 0 unspecified atom stereocenters. The van der Waals surface area contributed by atoms with Gasteiger partial charge in [0.1, 0.15) is 0 Å². The van der Waals surface area contributed by atoms with Gasteiger partial charge in [0.2, 0.25) is 0 Å². The molecule has 3 rings (SSSR count). The maximum Gasteiger partial charge on any atom is 0.0977 e. The lowest BCUT2D eigenvalue weighted by atomic mass is 9.93. The summed E-state index contributed by atoms with van der Waals surface area (Å²) in [6.07, 6.45) is 12.3. The number of epoxide rings is 1. The molecule has 3 atom stereocenters. The van der Waals surface area contributed by atoms with Crippen LogP contribution in [0.4, 0.5) is 0 Å². The SMILES string of the molecule is CC1=C2CC/C(C)=C/CC[C@@]3(C)O[C@H]3CC/C(C)=C/[C@H]2OC1. The molecule has 0 bridgehead atoms. The van der Waals surface area contributed by atoms with Crippen LogP contribution in [0, 0.1) is 0 Å². The Balaban J connectivity index is 1.76. The zero-order valence-corrected chi connectivity index (χ0v) is 14.6. The summed E-state index contributed by atoms with van der Waals surface area (Å²) in [4.78, 5) is 0. The van der Waals surface area contributed by atoms with Gasteiger partial charge in [0.05, 0.1) is 24.4 Å². The zero-order valence-electron chi connectivity index (χ0n) is 14.6. The summed E-state index contributed by atoms with van der Waals surface area (Å²) < 4.78 is 12.0. The van der Waals surface area contributed by atoms with Crippen molar-refractivity contribution in [2.24, 2.45) is 0 Å². The van der Waals surface area contributed by atoms with Crippen LogP contribution in [-0.4, -0.2) is 24.4 Å². The summed E-state index contributed by atoms with van der Waals surface area (Å²) >= 11 is 0. The van der Waals surface area contributed by atoms with Crippen LogP contribution in [0.25, 0.3) is 0 Å². The number of ether oxygens (including phenoxy) is 2. The molecule has 0 aromatic heterocycles. The lowest BCUT2D eigenvalue weighted by Crippen LogP contribution is -2.11. The molecule has 0 aromatic rings. The molecular weight excluding hydrogens is 272 g/mol. The standard InChI is InChI=1S/C20H30O2/c1-14-6-5-11-20(4)19(22-20)10-8-15(2)12-18-17(9-7-14)16(3)13-21-18/h6,12,18-19H,5,7-11,13H2,1-4H3/b14-6+,15-12+/t18-,19+,20-/m1/s1. The number of fused-ring (bicyclic) bond motifs is 2. The summed E-state index contributed by atoms with van der Waals surface area (Å²) in [5, 5.41) is 0. The molecule has 122 valence electrons. The molecular formula is C20H30O2. The summed E-state index contributed by atoms with van der Waals surface area (Å²) in [5.74, 6) is 0. The lowest BCUT2D eigenvalue weighted by molar-refractivity contribution is 0.150. The average molecular weight is 302 g/mol. The van der Waals surface area contributed by atoms with Gasteiger partial charge < -0.3 is 9.47 Å². The first-order valence-electron chi connectivity index (χ1n) is 8.79. The molecule has 1 saturated heterocycles. The third kappa shape index (κ3) is 3.55. The van der Waals surface area contributed by atoms with Gasteiger partial charge in [-0.1, -0.05) is 23.3 Å². The summed E-state index contributed by atoms with van der Waals surface area (Å²) in [6, 6.07) is 0. The normalized spacial score (nSPS) is 41.6. The molecule has 0 N–H and O–H groups in total. The fourth-order valence-corrected chi connectivity index (χ4v) is 3.77. The zero-order chi connectivity index (χ0) is 15.7. The Morgan fingerprint density at radius 2 is 1.91 bits per heavy atom. The smallest absolute Gasteiger partial charge is 0.0977 e. The average Bonchev–Trinajstić information content (AvgIpc) is 2.98. The van der Waals surface area contributed by atoms with E-state index in [9.17, 15) is 0 Å². The first kappa shape index (κ1) is 16.0. The minimum absolute atomic E-state index is 0.132. The molecule has 1 fully saturated rings. The van der Waals surface area contributed by atoms with Crippen molar-refractivity contribution in [1.82, 2.24) is 0 Å². The second-order valence-electron chi connectivity index (χ2n) is 7.60. The molecule has 0 aromatic carbocycles. The van der Waals surface area contributed by atoms with Gasteiger partial charge in [-0.05, 0) is 77.4 Å². The highest BCUT2D eigenvalue weighted by atomic mass is 16.6. The minimum Gasteiger partial charge on any atom is -0.366 e. The maximum absolute atomic E-state index is 5.99. The number of hydrogen-bond acceptors (Lipinski definition) is 2. The molecule has 22 heavy (non-hydrogen) atoms. The van der Waals surface area contributed by atoms with Crippen LogP contribution in [0.1, 0.15) is 66.2 Å². The Bertz CT molecular complexity index is 526. The third-order valence-corrected chi connectivity index (χ3v) is 5.57. The Kier molecular flexibility index (Phi) is 4.61. The van der Waals surface area contributed by atoms with E-state index in [4.69, 9.17) is 9.47 Å². The molecule has 2 nitrogen and oxygen atoms in total. The van der Waals surface area contributed by atoms with Gasteiger partial charge in [-0.25, -0.2) is 0 Å². The van der Waals surface area contributed by atoms with E-state index in [0.29, 0.717) is 6.10 Å². The van der Waals surface area contributed by atoms with Gasteiger partial charge in [0, 0.05) is 0 Å². The predicted octanol–water partition coefficient (Wildman–Crippen LogP) is 5.11. The minimum atomic E-state index is 0.132. The summed E-state index contributed by atoms with van der Waals surface area (Å²) in [6.45, 7) is 9.81. The monoisotopic (exact) mass is 302 g/mol. The van der Waals surface area contributed by atoms with Gasteiger partial charge in [0.25, 0.3) is 0 Å². The highest BCUT2D eigenvalue weighted by molar-refractivity contribution is 5.29. The first-order chi connectivity index (χ1) is 10.5. The number of allylic oxidation sites excluding steroid dienone is 3. The fraction of sp³-hybridized carbons (Fsp3) is 0.700. The van der Waals surface area contributed by atoms with Crippen LogP contribution >= 0.6 is 0 Å². The van der Waals surface area contributed by atoms with E-state index < -0.39 is 0 Å². The van der Waals surface area contributed by atoms with Gasteiger partial charge in [-0.2, -0.15) is 0 Å². The molecule has 1 aliphatic carbocycles. The van der Waals surface area contributed by atoms with Crippen LogP contribution in [0.5, 0.6) is 0 Å². The number of hydrogen-bond donors (Lipinski definition) is 0. The van der Waals surface area contributed by atoms with Crippen LogP contribution in [0.15, 0.2) is 34.4 Å². The van der Waals surface area contributed by atoms with Gasteiger partial charge in [-0.3, -0.25) is 0 Å². The van der Waals surface area contributed by atoms with Gasteiger partial charge in [-0.15, -0.1) is 0 Å². The second-order valence-corrected chi connectivity index (χ2v) is 7.60. The van der Waals surface area contributed by atoms with E-state index in [1.54, 1.807) is 0 Å². The first-order valence-corrected chi connectivity index (χ1v) is 8.79.